The van der Waals surface area contributed by atoms with Crippen LogP contribution in [-0.2, 0) is 11.3 Å². The molecular weight excluding hydrogens is 402 g/mol. The van der Waals surface area contributed by atoms with Gasteiger partial charge in [0.05, 0.1) is 19.4 Å². The number of amides is 1. The average Bonchev–Trinajstić information content (AvgIpc) is 3.44. The lowest BCUT2D eigenvalue weighted by Crippen LogP contribution is -2.36. The molecule has 3 fully saturated rings. The van der Waals surface area contributed by atoms with Crippen LogP contribution in [0, 0.1) is 18.8 Å². The molecule has 4 heterocycles. The standard InChI is InChI=1S/C22H28ClN5O2/c1-16-9-24-28(10-16)22(29)27-14-18-12-25(13-19(18)15-27)11-17-2-3-20(8-21(17)23)26-4-6-30-7-5-26/h2-3,8-10,18-19H,4-7,11-15H2,1H3. The third kappa shape index (κ3) is 3.94. The van der Waals surface area contributed by atoms with Crippen molar-refractivity contribution in [2.75, 3.05) is 57.4 Å². The SMILES string of the molecule is Cc1cnn(C(=O)N2CC3CN(Cc4ccc(N5CCOCC5)cc4Cl)CC3C2)c1. The third-order valence-corrected chi connectivity index (χ3v) is 6.90. The zero-order valence-electron chi connectivity index (χ0n) is 17.3. The fraction of sp³-hybridized carbons (Fsp3) is 0.545. The van der Waals surface area contributed by atoms with Gasteiger partial charge in [0.2, 0.25) is 0 Å². The van der Waals surface area contributed by atoms with E-state index in [1.165, 1.54) is 15.9 Å². The number of nitrogens with zero attached hydrogens (tertiary/aromatic N) is 5. The van der Waals surface area contributed by atoms with Crippen molar-refractivity contribution in [3.05, 3.63) is 46.7 Å². The van der Waals surface area contributed by atoms with Crippen molar-refractivity contribution in [1.29, 1.82) is 0 Å². The highest BCUT2D eigenvalue weighted by molar-refractivity contribution is 6.31. The summed E-state index contributed by atoms with van der Waals surface area (Å²) >= 11 is 6.64. The summed E-state index contributed by atoms with van der Waals surface area (Å²) in [5, 5.41) is 5.00. The van der Waals surface area contributed by atoms with Crippen LogP contribution in [0.4, 0.5) is 10.5 Å². The highest BCUT2D eigenvalue weighted by atomic mass is 35.5. The minimum atomic E-state index is -0.00852. The maximum absolute atomic E-state index is 12.7. The Morgan fingerprint density at radius 3 is 2.53 bits per heavy atom. The van der Waals surface area contributed by atoms with E-state index in [1.807, 2.05) is 11.8 Å². The van der Waals surface area contributed by atoms with Crippen LogP contribution < -0.4 is 4.90 Å². The molecule has 1 aromatic carbocycles. The molecule has 160 valence electrons. The van der Waals surface area contributed by atoms with E-state index in [-0.39, 0.29) is 6.03 Å². The van der Waals surface area contributed by atoms with Gasteiger partial charge in [0, 0.05) is 62.7 Å². The Labute approximate surface area is 182 Å². The predicted octanol–water partition coefficient (Wildman–Crippen LogP) is 2.71. The molecule has 2 atom stereocenters. The molecule has 3 saturated heterocycles. The van der Waals surface area contributed by atoms with E-state index in [0.717, 1.165) is 69.6 Å². The molecule has 0 saturated carbocycles. The van der Waals surface area contributed by atoms with Crippen molar-refractivity contribution in [2.45, 2.75) is 13.5 Å². The number of likely N-dealkylation sites (tertiary alicyclic amines) is 2. The molecule has 2 unspecified atom stereocenters. The summed E-state index contributed by atoms with van der Waals surface area (Å²) in [7, 11) is 0. The van der Waals surface area contributed by atoms with E-state index in [4.69, 9.17) is 16.3 Å². The van der Waals surface area contributed by atoms with E-state index >= 15 is 0 Å². The molecule has 3 aliphatic rings. The first-order valence-corrected chi connectivity index (χ1v) is 11.1. The number of ether oxygens (including phenoxy) is 1. The molecule has 0 radical (unpaired) electrons. The van der Waals surface area contributed by atoms with E-state index in [0.29, 0.717) is 11.8 Å². The summed E-state index contributed by atoms with van der Waals surface area (Å²) in [5.74, 6) is 1.05. The number of carbonyl (C=O) groups is 1. The summed E-state index contributed by atoms with van der Waals surface area (Å²) in [6.45, 7) is 9.82. The summed E-state index contributed by atoms with van der Waals surface area (Å²) in [6, 6.07) is 6.42. The summed E-state index contributed by atoms with van der Waals surface area (Å²) in [5.41, 5.74) is 3.35. The quantitative estimate of drug-likeness (QED) is 0.750. The Morgan fingerprint density at radius 2 is 1.90 bits per heavy atom. The van der Waals surface area contributed by atoms with E-state index < -0.39 is 0 Å². The van der Waals surface area contributed by atoms with E-state index in [1.54, 1.807) is 12.4 Å². The number of rotatable bonds is 3. The number of anilines is 1. The van der Waals surface area contributed by atoms with Gasteiger partial charge < -0.3 is 14.5 Å². The second kappa shape index (κ2) is 8.21. The fourth-order valence-electron chi connectivity index (χ4n) is 4.96. The molecule has 1 amide bonds. The van der Waals surface area contributed by atoms with Gasteiger partial charge in [-0.05, 0) is 42.0 Å². The Bertz CT molecular complexity index is 912. The first-order chi connectivity index (χ1) is 14.6. The molecule has 5 rings (SSSR count). The first-order valence-electron chi connectivity index (χ1n) is 10.7. The normalized spacial score (nSPS) is 24.5. The fourth-order valence-corrected chi connectivity index (χ4v) is 5.20. The average molecular weight is 430 g/mol. The highest BCUT2D eigenvalue weighted by Gasteiger charge is 2.42. The maximum atomic E-state index is 12.7. The number of carbonyl (C=O) groups excluding carboxylic acids is 1. The second-order valence-corrected chi connectivity index (χ2v) is 9.15. The van der Waals surface area contributed by atoms with Crippen LogP contribution in [-0.4, -0.2) is 78.1 Å². The molecule has 0 bridgehead atoms. The molecule has 1 aromatic heterocycles. The molecule has 7 nitrogen and oxygen atoms in total. The van der Waals surface area contributed by atoms with Gasteiger partial charge in [0.15, 0.2) is 0 Å². The zero-order chi connectivity index (χ0) is 20.7. The van der Waals surface area contributed by atoms with Crippen LogP contribution in [0.3, 0.4) is 0 Å². The molecule has 8 heteroatoms. The van der Waals surface area contributed by atoms with E-state index in [9.17, 15) is 4.79 Å². The maximum Gasteiger partial charge on any atom is 0.344 e. The molecular formula is C22H28ClN5O2. The van der Waals surface area contributed by atoms with Crippen molar-refractivity contribution in [2.24, 2.45) is 11.8 Å². The summed E-state index contributed by atoms with van der Waals surface area (Å²) in [4.78, 5) is 19.4. The van der Waals surface area contributed by atoms with Gasteiger partial charge in [0.25, 0.3) is 0 Å². The number of benzene rings is 1. The second-order valence-electron chi connectivity index (χ2n) is 8.74. The van der Waals surface area contributed by atoms with Gasteiger partial charge in [-0.2, -0.15) is 9.78 Å². The van der Waals surface area contributed by atoms with E-state index in [2.05, 4.69) is 33.1 Å². The topological polar surface area (TPSA) is 53.8 Å². The molecule has 3 aliphatic heterocycles. The molecule has 0 N–H and O–H groups in total. The number of hydrogen-bond donors (Lipinski definition) is 0. The summed E-state index contributed by atoms with van der Waals surface area (Å²) in [6.07, 6.45) is 3.52. The zero-order valence-corrected chi connectivity index (χ0v) is 18.1. The minimum Gasteiger partial charge on any atom is -0.378 e. The Hall–Kier alpha value is -2.09. The van der Waals surface area contributed by atoms with Gasteiger partial charge in [-0.1, -0.05) is 17.7 Å². The van der Waals surface area contributed by atoms with Crippen LogP contribution in [0.25, 0.3) is 0 Å². The van der Waals surface area contributed by atoms with Crippen LogP contribution >= 0.6 is 11.6 Å². The van der Waals surface area contributed by atoms with Gasteiger partial charge in [-0.3, -0.25) is 4.90 Å². The van der Waals surface area contributed by atoms with Crippen molar-refractivity contribution in [3.8, 4) is 0 Å². The number of halogens is 1. The van der Waals surface area contributed by atoms with Gasteiger partial charge in [0.1, 0.15) is 0 Å². The smallest absolute Gasteiger partial charge is 0.344 e. The molecule has 2 aromatic rings. The van der Waals surface area contributed by atoms with Crippen molar-refractivity contribution < 1.29 is 9.53 Å². The highest BCUT2D eigenvalue weighted by Crippen LogP contribution is 2.33. The van der Waals surface area contributed by atoms with Crippen LogP contribution in [0.5, 0.6) is 0 Å². The Balaban J connectivity index is 1.17. The van der Waals surface area contributed by atoms with Gasteiger partial charge in [-0.25, -0.2) is 4.79 Å². The Kier molecular flexibility index (Phi) is 5.43. The number of fused-ring (bicyclic) bond motifs is 1. The monoisotopic (exact) mass is 429 g/mol. The lowest BCUT2D eigenvalue weighted by atomic mass is 10.0. The van der Waals surface area contributed by atoms with Gasteiger partial charge >= 0.3 is 6.03 Å². The lowest BCUT2D eigenvalue weighted by Gasteiger charge is -2.29. The number of hydrogen-bond acceptors (Lipinski definition) is 5. The number of aromatic nitrogens is 2. The van der Waals surface area contributed by atoms with Crippen LogP contribution in [0.2, 0.25) is 5.02 Å². The van der Waals surface area contributed by atoms with Crippen LogP contribution in [0.1, 0.15) is 11.1 Å². The number of morpholine rings is 1. The largest absolute Gasteiger partial charge is 0.378 e. The first kappa shape index (κ1) is 19.8. The van der Waals surface area contributed by atoms with Crippen LogP contribution in [0.15, 0.2) is 30.6 Å². The van der Waals surface area contributed by atoms with Gasteiger partial charge in [-0.15, -0.1) is 0 Å². The van der Waals surface area contributed by atoms with Crippen molar-refractivity contribution in [3.63, 3.8) is 0 Å². The molecule has 30 heavy (non-hydrogen) atoms. The Morgan fingerprint density at radius 1 is 1.17 bits per heavy atom. The number of aryl methyl sites for hydroxylation is 1. The summed E-state index contributed by atoms with van der Waals surface area (Å²) < 4.78 is 6.90. The molecule has 0 spiro atoms. The molecule has 0 aliphatic carbocycles. The van der Waals surface area contributed by atoms with Crippen molar-refractivity contribution >= 4 is 23.3 Å². The third-order valence-electron chi connectivity index (χ3n) is 6.55. The van der Waals surface area contributed by atoms with Crippen molar-refractivity contribution in [1.82, 2.24) is 19.6 Å². The predicted molar refractivity (Wildman–Crippen MR) is 116 cm³/mol. The lowest BCUT2D eigenvalue weighted by molar-refractivity contribution is 0.122. The minimum absolute atomic E-state index is 0.00852.